The van der Waals surface area contributed by atoms with Gasteiger partial charge >= 0.3 is 0 Å². The Kier molecular flexibility index (Phi) is 6.75. The molecular weight excluding hydrogens is 528 g/mol. The van der Waals surface area contributed by atoms with Crippen molar-refractivity contribution in [2.75, 3.05) is 27.2 Å². The third kappa shape index (κ3) is 5.28. The van der Waals surface area contributed by atoms with Gasteiger partial charge in [-0.05, 0) is 69.8 Å². The van der Waals surface area contributed by atoms with Crippen molar-refractivity contribution in [3.63, 3.8) is 0 Å². The number of hydrogen-bond donors (Lipinski definition) is 3. The predicted molar refractivity (Wildman–Crippen MR) is 152 cm³/mol. The average molecular weight is 565 g/mol. The Hall–Kier alpha value is -3.55. The van der Waals surface area contributed by atoms with Gasteiger partial charge in [0.05, 0.1) is 34.6 Å². The van der Waals surface area contributed by atoms with Crippen LogP contribution in [0.1, 0.15) is 37.1 Å². The number of rotatable bonds is 10. The maximum atomic E-state index is 12.6. The van der Waals surface area contributed by atoms with Gasteiger partial charge in [-0.3, -0.25) is 4.68 Å². The average Bonchev–Trinajstić information content (AvgIpc) is 3.49. The zero-order valence-corrected chi connectivity index (χ0v) is 23.8. The van der Waals surface area contributed by atoms with Crippen molar-refractivity contribution in [2.45, 2.75) is 36.6 Å². The summed E-state index contributed by atoms with van der Waals surface area (Å²) < 4.78 is 28.0. The van der Waals surface area contributed by atoms with Crippen LogP contribution in [0, 0.1) is 11.8 Å². The number of allylic oxidation sites excluding steroid dienone is 1. The minimum Gasteiger partial charge on any atom is -0.384 e. The first kappa shape index (κ1) is 26.7. The van der Waals surface area contributed by atoms with E-state index in [4.69, 9.17) is 10.7 Å². The predicted octanol–water partition coefficient (Wildman–Crippen LogP) is 1.23. The van der Waals surface area contributed by atoms with E-state index in [0.717, 1.165) is 40.1 Å². The van der Waals surface area contributed by atoms with Crippen LogP contribution in [0.5, 0.6) is 0 Å². The first-order chi connectivity index (χ1) is 19.1. The molecule has 1 aliphatic heterocycles. The minimum absolute atomic E-state index is 0.352. The molecule has 0 bridgehead atoms. The summed E-state index contributed by atoms with van der Waals surface area (Å²) >= 11 is 0. The molecule has 0 aromatic carbocycles. The number of nitrogens with one attached hydrogen (secondary N) is 2. The number of aryl methyl sites for hydroxylation is 1. The molecule has 4 heterocycles. The zero-order chi connectivity index (χ0) is 28.1. The monoisotopic (exact) mass is 564 g/mol. The van der Waals surface area contributed by atoms with Crippen LogP contribution in [0.25, 0.3) is 17.0 Å². The summed E-state index contributed by atoms with van der Waals surface area (Å²) in [7, 11) is 2.66. The Morgan fingerprint density at radius 1 is 1.23 bits per heavy atom. The summed E-state index contributed by atoms with van der Waals surface area (Å²) in [6.07, 6.45) is 14.0. The summed E-state index contributed by atoms with van der Waals surface area (Å²) in [4.78, 5) is 11.3. The highest BCUT2D eigenvalue weighted by Crippen LogP contribution is 2.35. The van der Waals surface area contributed by atoms with Gasteiger partial charge in [0, 0.05) is 50.0 Å². The fourth-order valence-corrected chi connectivity index (χ4v) is 6.92. The second kappa shape index (κ2) is 10.1. The van der Waals surface area contributed by atoms with Crippen LogP contribution in [0.4, 0.5) is 0 Å². The minimum atomic E-state index is -3.48. The van der Waals surface area contributed by atoms with E-state index < -0.39 is 15.7 Å². The maximum Gasteiger partial charge on any atom is 0.256 e. The lowest BCUT2D eigenvalue weighted by atomic mass is 9.74. The number of nitrogens with zero attached hydrogens (tertiary/aromatic N) is 7. The lowest BCUT2D eigenvalue weighted by Crippen LogP contribution is -2.50. The van der Waals surface area contributed by atoms with Gasteiger partial charge in [-0.2, -0.15) is 14.3 Å². The third-order valence-corrected chi connectivity index (χ3v) is 9.78. The van der Waals surface area contributed by atoms with Crippen LogP contribution >= 0.6 is 0 Å². The molecule has 0 saturated heterocycles. The van der Waals surface area contributed by atoms with Crippen molar-refractivity contribution >= 4 is 15.6 Å². The van der Waals surface area contributed by atoms with Gasteiger partial charge < -0.3 is 21.3 Å². The molecule has 2 aliphatic carbocycles. The van der Waals surface area contributed by atoms with Crippen molar-refractivity contribution in [2.24, 2.45) is 24.6 Å². The lowest BCUT2D eigenvalue weighted by molar-refractivity contribution is 0.151. The number of hydrogen-bond acceptors (Lipinski definition) is 10. The molecule has 212 valence electrons. The summed E-state index contributed by atoms with van der Waals surface area (Å²) in [5, 5.41) is 15.3. The van der Waals surface area contributed by atoms with Gasteiger partial charge in [0.2, 0.25) is 0 Å². The lowest BCUT2D eigenvalue weighted by Gasteiger charge is -2.38. The van der Waals surface area contributed by atoms with Gasteiger partial charge in [-0.1, -0.05) is 0 Å². The van der Waals surface area contributed by atoms with Gasteiger partial charge in [0.15, 0.2) is 11.5 Å². The van der Waals surface area contributed by atoms with Crippen LogP contribution in [0.15, 0.2) is 54.9 Å². The van der Waals surface area contributed by atoms with E-state index in [1.165, 1.54) is 25.2 Å². The first-order valence-corrected chi connectivity index (χ1v) is 15.1. The molecule has 0 amide bonds. The van der Waals surface area contributed by atoms with Crippen molar-refractivity contribution in [1.29, 1.82) is 0 Å². The number of dihydropyridines is 1. The summed E-state index contributed by atoms with van der Waals surface area (Å²) in [5.41, 5.74) is 9.48. The second-order valence-corrected chi connectivity index (χ2v) is 13.5. The Morgan fingerprint density at radius 3 is 2.73 bits per heavy atom. The Labute approximate surface area is 234 Å². The number of aromatic nitrogens is 6. The van der Waals surface area contributed by atoms with Crippen LogP contribution in [-0.2, 0) is 22.7 Å². The molecule has 40 heavy (non-hydrogen) atoms. The van der Waals surface area contributed by atoms with E-state index in [9.17, 15) is 8.42 Å². The molecule has 13 heteroatoms. The molecule has 3 aromatic rings. The molecule has 2 fully saturated rings. The maximum absolute atomic E-state index is 12.6. The molecule has 3 aliphatic rings. The van der Waals surface area contributed by atoms with Crippen LogP contribution < -0.4 is 16.4 Å². The Morgan fingerprint density at radius 2 is 2.02 bits per heavy atom. The van der Waals surface area contributed by atoms with Gasteiger partial charge in [-0.15, -0.1) is 0 Å². The summed E-state index contributed by atoms with van der Waals surface area (Å²) in [6, 6.07) is 3.73. The fourth-order valence-electron chi connectivity index (χ4n) is 5.45. The van der Waals surface area contributed by atoms with Crippen molar-refractivity contribution < 1.29 is 8.42 Å². The molecule has 12 nitrogen and oxygen atoms in total. The smallest absolute Gasteiger partial charge is 0.256 e. The molecular formula is C27H36N10O2S. The SMILES string of the molecule is CN(C)CC1CC(CNC2=CC(N)(c3ccnc(-c4cnn(S(=O)(=O)C5CC5)c4)n3)NC=C2c2ccn(C)n2)C1. The summed E-state index contributed by atoms with van der Waals surface area (Å²) in [5.74, 6) is 1.70. The Balaban J connectivity index is 1.25. The molecule has 1 unspecified atom stereocenters. The molecule has 6 rings (SSSR count). The molecule has 0 spiro atoms. The largest absolute Gasteiger partial charge is 0.384 e. The van der Waals surface area contributed by atoms with E-state index in [2.05, 4.69) is 44.8 Å². The van der Waals surface area contributed by atoms with Crippen molar-refractivity contribution in [1.82, 2.24) is 44.5 Å². The highest BCUT2D eigenvalue weighted by molar-refractivity contribution is 7.90. The topological polar surface area (TPSA) is 149 Å². The highest BCUT2D eigenvalue weighted by Gasteiger charge is 2.38. The Bertz CT molecular complexity index is 1560. The molecule has 0 radical (unpaired) electrons. The van der Waals surface area contributed by atoms with E-state index in [0.29, 0.717) is 35.8 Å². The third-order valence-electron chi connectivity index (χ3n) is 7.75. The fraction of sp³-hybridized carbons (Fsp3) is 0.481. The standard InChI is InChI=1S/C27H36N10O2S/c1-35(2)16-19-10-18(11-19)13-30-24-12-27(28,31-15-22(24)23-7-9-36(3)34-23)25-6-8-29-26(33-25)20-14-32-37(17-20)40(38,39)21-4-5-21/h6-9,12,14-15,17-19,21,30-31H,4-5,10-11,13,16,28H2,1-3H3. The van der Waals surface area contributed by atoms with Gasteiger partial charge in [0.25, 0.3) is 10.0 Å². The van der Waals surface area contributed by atoms with Gasteiger partial charge in [0.1, 0.15) is 0 Å². The molecule has 2 saturated carbocycles. The molecule has 4 N–H and O–H groups in total. The second-order valence-electron chi connectivity index (χ2n) is 11.5. The van der Waals surface area contributed by atoms with E-state index in [1.54, 1.807) is 16.9 Å². The van der Waals surface area contributed by atoms with Crippen LogP contribution in [0.3, 0.4) is 0 Å². The van der Waals surface area contributed by atoms with Gasteiger partial charge in [-0.25, -0.2) is 18.4 Å². The molecule has 1 atom stereocenters. The first-order valence-electron chi connectivity index (χ1n) is 13.6. The van der Waals surface area contributed by atoms with Crippen LogP contribution in [-0.4, -0.2) is 74.7 Å². The van der Waals surface area contributed by atoms with Crippen molar-refractivity contribution in [3.8, 4) is 11.4 Å². The summed E-state index contributed by atoms with van der Waals surface area (Å²) in [6.45, 7) is 1.97. The number of nitrogens with two attached hydrogens (primary N) is 1. The normalized spacial score (nSPS) is 24.7. The van der Waals surface area contributed by atoms with Crippen molar-refractivity contribution in [3.05, 3.63) is 66.3 Å². The zero-order valence-electron chi connectivity index (χ0n) is 23.0. The quantitative estimate of drug-likeness (QED) is 0.328. The molecule has 3 aromatic heterocycles. The van der Waals surface area contributed by atoms with E-state index >= 15 is 0 Å². The van der Waals surface area contributed by atoms with Crippen LogP contribution in [0.2, 0.25) is 0 Å². The van der Waals surface area contributed by atoms with E-state index in [-0.39, 0.29) is 5.25 Å². The highest BCUT2D eigenvalue weighted by atomic mass is 32.2. The van der Waals surface area contributed by atoms with E-state index in [1.807, 2.05) is 31.6 Å².